The molecular weight excluding hydrogens is 304 g/mol. The number of carbonyl (C=O) groups excluding carboxylic acids is 1. The van der Waals surface area contributed by atoms with Crippen molar-refractivity contribution in [3.63, 3.8) is 0 Å². The zero-order valence-corrected chi connectivity index (χ0v) is 13.5. The average molecular weight is 324 g/mol. The normalized spacial score (nSPS) is 19.9. The molecule has 1 aliphatic heterocycles. The van der Waals surface area contributed by atoms with E-state index in [1.165, 1.54) is 0 Å². The lowest BCUT2D eigenvalue weighted by molar-refractivity contribution is -0.152. The molecule has 5 nitrogen and oxygen atoms in total. The lowest BCUT2D eigenvalue weighted by atomic mass is 9.86. The van der Waals surface area contributed by atoms with Gasteiger partial charge in [0.2, 0.25) is 5.91 Å². The van der Waals surface area contributed by atoms with Crippen molar-refractivity contribution >= 4 is 17.6 Å². The van der Waals surface area contributed by atoms with Gasteiger partial charge in [-0.1, -0.05) is 36.4 Å². The van der Waals surface area contributed by atoms with E-state index in [1.54, 1.807) is 0 Å². The van der Waals surface area contributed by atoms with E-state index in [1.807, 2.05) is 55.5 Å². The zero-order chi connectivity index (χ0) is 17.2. The van der Waals surface area contributed by atoms with Crippen LogP contribution in [0.4, 0.5) is 5.69 Å². The molecular formula is C19H20N2O3. The standard InChI is InChI=1S/C19H20N2O3/c1-13-9-15(14-5-3-2-4-6-14)11-16(10-13)21-17(22)19(18(23)24)7-8-20-12-19/h2-6,9-11,20H,7-8,12H2,1H3,(H,21,22)(H,23,24). The first-order valence-corrected chi connectivity index (χ1v) is 7.94. The minimum Gasteiger partial charge on any atom is -0.480 e. The number of carbonyl (C=O) groups is 2. The molecule has 1 atom stereocenters. The van der Waals surface area contributed by atoms with Crippen molar-refractivity contribution in [2.75, 3.05) is 18.4 Å². The van der Waals surface area contributed by atoms with E-state index in [9.17, 15) is 14.7 Å². The summed E-state index contributed by atoms with van der Waals surface area (Å²) in [7, 11) is 0. The highest BCUT2D eigenvalue weighted by atomic mass is 16.4. The predicted molar refractivity (Wildman–Crippen MR) is 92.8 cm³/mol. The molecule has 124 valence electrons. The average Bonchev–Trinajstić information content (AvgIpc) is 3.06. The highest BCUT2D eigenvalue weighted by Gasteiger charge is 2.48. The molecule has 0 aromatic heterocycles. The van der Waals surface area contributed by atoms with Gasteiger partial charge in [0.25, 0.3) is 0 Å². The van der Waals surface area contributed by atoms with Gasteiger partial charge in [0, 0.05) is 12.2 Å². The van der Waals surface area contributed by atoms with Gasteiger partial charge in [0.15, 0.2) is 5.41 Å². The van der Waals surface area contributed by atoms with Crippen LogP contribution in [0.5, 0.6) is 0 Å². The number of benzene rings is 2. The number of aliphatic carboxylic acids is 1. The third kappa shape index (κ3) is 3.03. The molecule has 0 spiro atoms. The largest absolute Gasteiger partial charge is 0.480 e. The number of rotatable bonds is 4. The number of nitrogens with one attached hydrogen (secondary N) is 2. The van der Waals surface area contributed by atoms with Crippen LogP contribution in [-0.2, 0) is 9.59 Å². The van der Waals surface area contributed by atoms with Gasteiger partial charge in [0.05, 0.1) is 0 Å². The Morgan fingerprint density at radius 1 is 1.12 bits per heavy atom. The Hall–Kier alpha value is -2.66. The molecule has 2 aromatic carbocycles. The maximum absolute atomic E-state index is 12.6. The fourth-order valence-electron chi connectivity index (χ4n) is 3.07. The smallest absolute Gasteiger partial charge is 0.320 e. The van der Waals surface area contributed by atoms with Crippen LogP contribution in [0.1, 0.15) is 12.0 Å². The summed E-state index contributed by atoms with van der Waals surface area (Å²) in [5.41, 5.74) is 2.26. The Labute approximate surface area is 140 Å². The first-order valence-electron chi connectivity index (χ1n) is 7.94. The SMILES string of the molecule is Cc1cc(NC(=O)C2(C(=O)O)CCNC2)cc(-c2ccccc2)c1. The zero-order valence-electron chi connectivity index (χ0n) is 13.5. The van der Waals surface area contributed by atoms with Crippen LogP contribution < -0.4 is 10.6 Å². The number of aryl methyl sites for hydroxylation is 1. The molecule has 0 bridgehead atoms. The second-order valence-corrected chi connectivity index (χ2v) is 6.22. The summed E-state index contributed by atoms with van der Waals surface area (Å²) in [6, 6.07) is 15.6. The minimum atomic E-state index is -1.39. The summed E-state index contributed by atoms with van der Waals surface area (Å²) in [5.74, 6) is -1.55. The molecule has 1 amide bonds. The Bertz CT molecular complexity index is 765. The van der Waals surface area contributed by atoms with Crippen molar-refractivity contribution in [1.82, 2.24) is 5.32 Å². The summed E-state index contributed by atoms with van der Waals surface area (Å²) < 4.78 is 0. The number of carboxylic acid groups (broad SMARTS) is 1. The van der Waals surface area contributed by atoms with E-state index < -0.39 is 17.3 Å². The Kier molecular flexibility index (Phi) is 4.36. The quantitative estimate of drug-likeness (QED) is 0.756. The summed E-state index contributed by atoms with van der Waals surface area (Å²) in [6.45, 7) is 2.64. The second-order valence-electron chi connectivity index (χ2n) is 6.22. The van der Waals surface area contributed by atoms with E-state index in [0.717, 1.165) is 16.7 Å². The number of carboxylic acids is 1. The monoisotopic (exact) mass is 324 g/mol. The number of hydrogen-bond acceptors (Lipinski definition) is 3. The van der Waals surface area contributed by atoms with Gasteiger partial charge >= 0.3 is 5.97 Å². The molecule has 1 heterocycles. The van der Waals surface area contributed by atoms with Gasteiger partial charge in [-0.3, -0.25) is 9.59 Å². The van der Waals surface area contributed by atoms with Crippen LogP contribution in [-0.4, -0.2) is 30.1 Å². The van der Waals surface area contributed by atoms with Crippen molar-refractivity contribution < 1.29 is 14.7 Å². The van der Waals surface area contributed by atoms with E-state index in [2.05, 4.69) is 10.6 Å². The van der Waals surface area contributed by atoms with Crippen molar-refractivity contribution in [2.45, 2.75) is 13.3 Å². The maximum atomic E-state index is 12.6. The first kappa shape index (κ1) is 16.2. The molecule has 1 aliphatic rings. The van der Waals surface area contributed by atoms with E-state index in [4.69, 9.17) is 0 Å². The predicted octanol–water partition coefficient (Wildman–Crippen LogP) is 2.66. The van der Waals surface area contributed by atoms with E-state index in [0.29, 0.717) is 18.7 Å². The Morgan fingerprint density at radius 2 is 1.88 bits per heavy atom. The van der Waals surface area contributed by atoms with Crippen LogP contribution in [0.3, 0.4) is 0 Å². The molecule has 0 radical (unpaired) electrons. The molecule has 5 heteroatoms. The van der Waals surface area contributed by atoms with Crippen molar-refractivity contribution in [2.24, 2.45) is 5.41 Å². The second kappa shape index (κ2) is 6.45. The molecule has 24 heavy (non-hydrogen) atoms. The van der Waals surface area contributed by atoms with E-state index >= 15 is 0 Å². The van der Waals surface area contributed by atoms with Crippen LogP contribution >= 0.6 is 0 Å². The van der Waals surface area contributed by atoms with Gasteiger partial charge in [-0.15, -0.1) is 0 Å². The molecule has 1 unspecified atom stereocenters. The van der Waals surface area contributed by atoms with Crippen molar-refractivity contribution in [1.29, 1.82) is 0 Å². The van der Waals surface area contributed by atoms with Crippen LogP contribution in [0.25, 0.3) is 11.1 Å². The topological polar surface area (TPSA) is 78.4 Å². The van der Waals surface area contributed by atoms with Gasteiger partial charge in [-0.05, 0) is 48.7 Å². The minimum absolute atomic E-state index is 0.158. The maximum Gasteiger partial charge on any atom is 0.320 e. The van der Waals surface area contributed by atoms with Gasteiger partial charge in [-0.2, -0.15) is 0 Å². The fourth-order valence-corrected chi connectivity index (χ4v) is 3.07. The first-order chi connectivity index (χ1) is 11.5. The highest BCUT2D eigenvalue weighted by molar-refractivity contribution is 6.09. The molecule has 1 saturated heterocycles. The molecule has 0 aliphatic carbocycles. The lowest BCUT2D eigenvalue weighted by Gasteiger charge is -2.22. The Balaban J connectivity index is 1.89. The van der Waals surface area contributed by atoms with Crippen LogP contribution in [0.15, 0.2) is 48.5 Å². The fraction of sp³-hybridized carbons (Fsp3) is 0.263. The van der Waals surface area contributed by atoms with Crippen molar-refractivity contribution in [3.05, 3.63) is 54.1 Å². The summed E-state index contributed by atoms with van der Waals surface area (Å²) >= 11 is 0. The van der Waals surface area contributed by atoms with Gasteiger partial charge in [-0.25, -0.2) is 0 Å². The molecule has 3 rings (SSSR count). The summed E-state index contributed by atoms with van der Waals surface area (Å²) in [6.07, 6.45) is 0.297. The summed E-state index contributed by atoms with van der Waals surface area (Å²) in [4.78, 5) is 24.2. The van der Waals surface area contributed by atoms with Crippen LogP contribution in [0.2, 0.25) is 0 Å². The number of hydrogen-bond donors (Lipinski definition) is 3. The van der Waals surface area contributed by atoms with E-state index in [-0.39, 0.29) is 6.54 Å². The van der Waals surface area contributed by atoms with Gasteiger partial charge in [0.1, 0.15) is 0 Å². The third-order valence-electron chi connectivity index (χ3n) is 4.44. The molecule has 3 N–H and O–H groups in total. The molecule has 0 saturated carbocycles. The highest BCUT2D eigenvalue weighted by Crippen LogP contribution is 2.30. The molecule has 1 fully saturated rings. The summed E-state index contributed by atoms with van der Waals surface area (Å²) in [5, 5.41) is 15.3. The molecule has 2 aromatic rings. The van der Waals surface area contributed by atoms with Crippen LogP contribution in [0, 0.1) is 12.3 Å². The number of anilines is 1. The van der Waals surface area contributed by atoms with Crippen molar-refractivity contribution in [3.8, 4) is 11.1 Å². The number of amides is 1. The van der Waals surface area contributed by atoms with Gasteiger partial charge < -0.3 is 15.7 Å². The third-order valence-corrected chi connectivity index (χ3v) is 4.44. The lowest BCUT2D eigenvalue weighted by Crippen LogP contribution is -2.44. The Morgan fingerprint density at radius 3 is 2.50 bits per heavy atom.